The Hall–Kier alpha value is -1.22. The molecular formula is C12H15ClN2O. The molecule has 2 N–H and O–H groups in total. The van der Waals surface area contributed by atoms with E-state index < -0.39 is 0 Å². The quantitative estimate of drug-likeness (QED) is 0.765. The molecule has 1 aliphatic heterocycles. The normalized spacial score (nSPS) is 16.2. The minimum absolute atomic E-state index is 0.0391. The maximum atomic E-state index is 12.2. The lowest BCUT2D eigenvalue weighted by Crippen LogP contribution is -2.36. The van der Waals surface area contributed by atoms with E-state index in [1.165, 1.54) is 6.42 Å². The number of nitrogens with zero attached hydrogens (tertiary/aromatic N) is 1. The Morgan fingerprint density at radius 2 is 1.94 bits per heavy atom. The zero-order valence-corrected chi connectivity index (χ0v) is 9.83. The summed E-state index contributed by atoms with van der Waals surface area (Å²) < 4.78 is 0. The van der Waals surface area contributed by atoms with Crippen LogP contribution in [-0.4, -0.2) is 23.9 Å². The number of anilines is 1. The van der Waals surface area contributed by atoms with Gasteiger partial charge >= 0.3 is 0 Å². The van der Waals surface area contributed by atoms with Gasteiger partial charge in [0.05, 0.1) is 10.6 Å². The van der Waals surface area contributed by atoms with Gasteiger partial charge in [-0.3, -0.25) is 4.79 Å². The van der Waals surface area contributed by atoms with Crippen molar-refractivity contribution in [1.29, 1.82) is 0 Å². The largest absolute Gasteiger partial charge is 0.398 e. The van der Waals surface area contributed by atoms with Crippen LogP contribution in [0.15, 0.2) is 18.2 Å². The van der Waals surface area contributed by atoms with Gasteiger partial charge in [-0.2, -0.15) is 0 Å². The van der Waals surface area contributed by atoms with Crippen molar-refractivity contribution in [2.45, 2.75) is 19.3 Å². The summed E-state index contributed by atoms with van der Waals surface area (Å²) in [4.78, 5) is 14.0. The Bertz CT molecular complexity index is 380. The number of carbonyl (C=O) groups is 1. The maximum absolute atomic E-state index is 12.2. The number of likely N-dealkylation sites (tertiary alicyclic amines) is 1. The topological polar surface area (TPSA) is 46.3 Å². The second-order valence-corrected chi connectivity index (χ2v) is 4.46. The van der Waals surface area contributed by atoms with Gasteiger partial charge < -0.3 is 10.6 Å². The van der Waals surface area contributed by atoms with Crippen LogP contribution in [0.2, 0.25) is 5.02 Å². The minimum Gasteiger partial charge on any atom is -0.398 e. The van der Waals surface area contributed by atoms with Crippen LogP contribution in [0.3, 0.4) is 0 Å². The Labute approximate surface area is 100 Å². The highest BCUT2D eigenvalue weighted by atomic mass is 35.5. The van der Waals surface area contributed by atoms with Gasteiger partial charge in [-0.15, -0.1) is 0 Å². The molecular weight excluding hydrogens is 224 g/mol. The van der Waals surface area contributed by atoms with Crippen molar-refractivity contribution in [2.75, 3.05) is 18.8 Å². The van der Waals surface area contributed by atoms with Gasteiger partial charge in [-0.1, -0.05) is 17.7 Å². The van der Waals surface area contributed by atoms with Crippen LogP contribution in [0.1, 0.15) is 29.6 Å². The number of rotatable bonds is 1. The number of halogens is 1. The number of amides is 1. The fourth-order valence-corrected chi connectivity index (χ4v) is 2.28. The third-order valence-corrected chi connectivity index (χ3v) is 3.22. The predicted octanol–water partition coefficient (Wildman–Crippen LogP) is 2.55. The zero-order chi connectivity index (χ0) is 11.5. The van der Waals surface area contributed by atoms with Crippen LogP contribution in [0.4, 0.5) is 5.69 Å². The molecule has 0 aromatic heterocycles. The van der Waals surface area contributed by atoms with Crippen molar-refractivity contribution < 1.29 is 4.79 Å². The summed E-state index contributed by atoms with van der Waals surface area (Å²) in [6.07, 6.45) is 3.33. The first kappa shape index (κ1) is 11.3. The predicted molar refractivity (Wildman–Crippen MR) is 65.6 cm³/mol. The molecule has 0 aliphatic carbocycles. The molecule has 1 aromatic rings. The summed E-state index contributed by atoms with van der Waals surface area (Å²) in [6, 6.07) is 5.17. The fraction of sp³-hybridized carbons (Fsp3) is 0.417. The van der Waals surface area contributed by atoms with Gasteiger partial charge in [0.2, 0.25) is 0 Å². The maximum Gasteiger partial charge on any atom is 0.257 e. The number of benzene rings is 1. The molecule has 0 radical (unpaired) electrons. The van der Waals surface area contributed by atoms with E-state index in [2.05, 4.69) is 0 Å². The molecule has 2 rings (SSSR count). The molecule has 16 heavy (non-hydrogen) atoms. The summed E-state index contributed by atoms with van der Waals surface area (Å²) >= 11 is 6.02. The molecule has 1 saturated heterocycles. The minimum atomic E-state index is -0.0391. The molecule has 0 unspecified atom stereocenters. The molecule has 0 saturated carbocycles. The highest BCUT2D eigenvalue weighted by molar-refractivity contribution is 6.34. The monoisotopic (exact) mass is 238 g/mol. The lowest BCUT2D eigenvalue weighted by Gasteiger charge is -2.27. The molecule has 1 amide bonds. The molecule has 1 aromatic carbocycles. The van der Waals surface area contributed by atoms with E-state index in [1.807, 2.05) is 4.90 Å². The first-order valence-corrected chi connectivity index (χ1v) is 5.91. The van der Waals surface area contributed by atoms with E-state index in [-0.39, 0.29) is 5.91 Å². The standard InChI is InChI=1S/C12H15ClN2O/c13-9-5-4-6-10(14)11(9)12(16)15-7-2-1-3-8-15/h4-6H,1-3,7-8,14H2. The summed E-state index contributed by atoms with van der Waals surface area (Å²) in [5, 5.41) is 0.440. The van der Waals surface area contributed by atoms with Gasteiger partial charge in [0.25, 0.3) is 5.91 Å². The Kier molecular flexibility index (Phi) is 3.34. The van der Waals surface area contributed by atoms with Crippen LogP contribution < -0.4 is 5.73 Å². The van der Waals surface area contributed by atoms with Gasteiger partial charge in [-0.05, 0) is 31.4 Å². The zero-order valence-electron chi connectivity index (χ0n) is 9.08. The average Bonchev–Trinajstić information content (AvgIpc) is 2.30. The number of nitrogens with two attached hydrogens (primary N) is 1. The van der Waals surface area contributed by atoms with Crippen molar-refractivity contribution in [3.63, 3.8) is 0 Å². The second kappa shape index (κ2) is 4.74. The molecule has 4 heteroatoms. The molecule has 0 spiro atoms. The lowest BCUT2D eigenvalue weighted by atomic mass is 10.1. The fourth-order valence-electron chi connectivity index (χ4n) is 2.02. The van der Waals surface area contributed by atoms with Crippen LogP contribution >= 0.6 is 11.6 Å². The SMILES string of the molecule is Nc1cccc(Cl)c1C(=O)N1CCCCC1. The molecule has 0 atom stereocenters. The average molecular weight is 239 g/mol. The van der Waals surface area contributed by atoms with Crippen molar-refractivity contribution >= 4 is 23.2 Å². The van der Waals surface area contributed by atoms with Crippen molar-refractivity contribution in [3.05, 3.63) is 28.8 Å². The molecule has 1 heterocycles. The van der Waals surface area contributed by atoms with Crippen molar-refractivity contribution in [2.24, 2.45) is 0 Å². The highest BCUT2D eigenvalue weighted by Gasteiger charge is 2.21. The van der Waals surface area contributed by atoms with E-state index in [0.717, 1.165) is 25.9 Å². The van der Waals surface area contributed by atoms with Crippen LogP contribution in [-0.2, 0) is 0 Å². The first-order chi connectivity index (χ1) is 7.70. The van der Waals surface area contributed by atoms with E-state index in [9.17, 15) is 4.79 Å². The van der Waals surface area contributed by atoms with Gasteiger partial charge in [0.15, 0.2) is 0 Å². The van der Waals surface area contributed by atoms with Gasteiger partial charge in [0.1, 0.15) is 0 Å². The molecule has 0 bridgehead atoms. The van der Waals surface area contributed by atoms with Crippen LogP contribution in [0.5, 0.6) is 0 Å². The van der Waals surface area contributed by atoms with E-state index >= 15 is 0 Å². The highest BCUT2D eigenvalue weighted by Crippen LogP contribution is 2.24. The lowest BCUT2D eigenvalue weighted by molar-refractivity contribution is 0.0725. The Morgan fingerprint density at radius 3 is 2.56 bits per heavy atom. The summed E-state index contributed by atoms with van der Waals surface area (Å²) in [5.74, 6) is -0.0391. The number of piperidine rings is 1. The smallest absolute Gasteiger partial charge is 0.257 e. The molecule has 1 fully saturated rings. The molecule has 86 valence electrons. The van der Waals surface area contributed by atoms with Crippen LogP contribution in [0.25, 0.3) is 0 Å². The number of carbonyl (C=O) groups excluding carboxylic acids is 1. The van der Waals surface area contributed by atoms with Gasteiger partial charge in [0, 0.05) is 18.8 Å². The number of nitrogen functional groups attached to an aromatic ring is 1. The summed E-state index contributed by atoms with van der Waals surface area (Å²) in [6.45, 7) is 1.62. The van der Waals surface area contributed by atoms with E-state index in [0.29, 0.717) is 16.3 Å². The van der Waals surface area contributed by atoms with Gasteiger partial charge in [-0.25, -0.2) is 0 Å². The Morgan fingerprint density at radius 1 is 1.25 bits per heavy atom. The molecule has 1 aliphatic rings. The van der Waals surface area contributed by atoms with Crippen LogP contribution in [0, 0.1) is 0 Å². The molecule has 3 nitrogen and oxygen atoms in total. The first-order valence-electron chi connectivity index (χ1n) is 5.53. The number of hydrogen-bond donors (Lipinski definition) is 1. The second-order valence-electron chi connectivity index (χ2n) is 4.06. The summed E-state index contributed by atoms with van der Waals surface area (Å²) in [7, 11) is 0. The van der Waals surface area contributed by atoms with Crippen molar-refractivity contribution in [3.8, 4) is 0 Å². The van der Waals surface area contributed by atoms with E-state index in [4.69, 9.17) is 17.3 Å². The third-order valence-electron chi connectivity index (χ3n) is 2.90. The van der Waals surface area contributed by atoms with E-state index in [1.54, 1.807) is 18.2 Å². The van der Waals surface area contributed by atoms with Crippen molar-refractivity contribution in [1.82, 2.24) is 4.90 Å². The Balaban J connectivity index is 2.26. The summed E-state index contributed by atoms with van der Waals surface area (Å²) in [5.41, 5.74) is 6.71. The third kappa shape index (κ3) is 2.14. The number of hydrogen-bond acceptors (Lipinski definition) is 2.